The third kappa shape index (κ3) is 3.58. The largest absolute Gasteiger partial charge is 0.463 e. The van der Waals surface area contributed by atoms with E-state index in [9.17, 15) is 10.1 Å². The predicted molar refractivity (Wildman–Crippen MR) is 138 cm³/mol. The van der Waals surface area contributed by atoms with Gasteiger partial charge in [-0.05, 0) is 62.6 Å². The van der Waals surface area contributed by atoms with Crippen molar-refractivity contribution in [3.8, 4) is 5.75 Å². The standard InChI is InChI=1S/C26H17Br2N3O3/c27-19-12-21-24-14-23(18-6-5-15-3-1-2-4-17(15)11-18)29-30(24)26(34-25(21)22(28)13-19)16-7-9-20(10-8-16)31(32)33/h1-13,24,26H,14H2/t24-,26-/m1/s1. The van der Waals surface area contributed by atoms with Crippen LogP contribution in [0.4, 0.5) is 5.69 Å². The van der Waals surface area contributed by atoms with Crippen LogP contribution in [0.5, 0.6) is 5.75 Å². The summed E-state index contributed by atoms with van der Waals surface area (Å²) in [6.07, 6.45) is 0.217. The SMILES string of the molecule is O=[N+]([O-])c1ccc([C@H]2Oc3c(Br)cc(Br)cc3[C@H]3CC(c4ccc5ccccc5c4)=NN32)cc1. The first-order valence-electron chi connectivity index (χ1n) is 10.7. The average molecular weight is 579 g/mol. The molecule has 0 saturated heterocycles. The highest BCUT2D eigenvalue weighted by Crippen LogP contribution is 2.51. The van der Waals surface area contributed by atoms with Crippen molar-refractivity contribution in [2.75, 3.05) is 0 Å². The predicted octanol–water partition coefficient (Wildman–Crippen LogP) is 7.52. The van der Waals surface area contributed by atoms with Gasteiger partial charge in [0, 0.05) is 34.2 Å². The summed E-state index contributed by atoms with van der Waals surface area (Å²) in [5, 5.41) is 20.5. The molecule has 6 rings (SSSR count). The molecule has 2 heterocycles. The highest BCUT2D eigenvalue weighted by atomic mass is 79.9. The van der Waals surface area contributed by atoms with Crippen molar-refractivity contribution in [3.63, 3.8) is 0 Å². The van der Waals surface area contributed by atoms with Gasteiger partial charge in [-0.3, -0.25) is 10.1 Å². The lowest BCUT2D eigenvalue weighted by molar-refractivity contribution is -0.384. The maximum absolute atomic E-state index is 11.1. The van der Waals surface area contributed by atoms with Crippen LogP contribution in [-0.4, -0.2) is 15.6 Å². The highest BCUT2D eigenvalue weighted by Gasteiger charge is 2.42. The number of benzene rings is 4. The lowest BCUT2D eigenvalue weighted by atomic mass is 9.95. The van der Waals surface area contributed by atoms with Crippen molar-refractivity contribution in [2.45, 2.75) is 18.7 Å². The van der Waals surface area contributed by atoms with Crippen molar-refractivity contribution < 1.29 is 9.66 Å². The third-order valence-electron chi connectivity index (χ3n) is 6.28. The number of fused-ring (bicyclic) bond motifs is 4. The maximum atomic E-state index is 11.1. The van der Waals surface area contributed by atoms with E-state index in [-0.39, 0.29) is 11.7 Å². The number of ether oxygens (including phenoxy) is 1. The number of halogens is 2. The van der Waals surface area contributed by atoms with E-state index in [1.165, 1.54) is 22.9 Å². The summed E-state index contributed by atoms with van der Waals surface area (Å²) >= 11 is 7.25. The Bertz CT molecular complexity index is 1490. The van der Waals surface area contributed by atoms with E-state index in [1.807, 2.05) is 23.2 Å². The molecule has 4 aromatic carbocycles. The number of hydrazone groups is 1. The van der Waals surface area contributed by atoms with Gasteiger partial charge < -0.3 is 4.74 Å². The van der Waals surface area contributed by atoms with Crippen LogP contribution < -0.4 is 4.74 Å². The monoisotopic (exact) mass is 577 g/mol. The van der Waals surface area contributed by atoms with E-state index >= 15 is 0 Å². The van der Waals surface area contributed by atoms with Gasteiger partial charge in [0.1, 0.15) is 5.75 Å². The Hall–Kier alpha value is -3.23. The molecule has 2 aliphatic rings. The second-order valence-corrected chi connectivity index (χ2v) is 10.1. The summed E-state index contributed by atoms with van der Waals surface area (Å²) in [4.78, 5) is 10.7. The summed E-state index contributed by atoms with van der Waals surface area (Å²) in [5.41, 5.74) is 3.95. The van der Waals surface area contributed by atoms with Crippen LogP contribution in [0.25, 0.3) is 10.8 Å². The van der Waals surface area contributed by atoms with Crippen LogP contribution in [-0.2, 0) is 0 Å². The molecule has 0 radical (unpaired) electrons. The first-order valence-corrected chi connectivity index (χ1v) is 12.3. The molecule has 168 valence electrons. The summed E-state index contributed by atoms with van der Waals surface area (Å²) in [5.74, 6) is 0.766. The maximum Gasteiger partial charge on any atom is 0.269 e. The summed E-state index contributed by atoms with van der Waals surface area (Å²) in [6, 6.07) is 25.2. The molecule has 0 spiro atoms. The fourth-order valence-corrected chi connectivity index (χ4v) is 5.99. The molecule has 4 aromatic rings. The molecule has 0 aliphatic carbocycles. The quantitative estimate of drug-likeness (QED) is 0.186. The Morgan fingerprint density at radius 2 is 1.74 bits per heavy atom. The van der Waals surface area contributed by atoms with Crippen molar-refractivity contribution in [1.29, 1.82) is 0 Å². The Labute approximate surface area is 212 Å². The summed E-state index contributed by atoms with van der Waals surface area (Å²) in [6.45, 7) is 0. The Morgan fingerprint density at radius 1 is 0.971 bits per heavy atom. The highest BCUT2D eigenvalue weighted by molar-refractivity contribution is 9.11. The van der Waals surface area contributed by atoms with Crippen molar-refractivity contribution in [2.24, 2.45) is 5.10 Å². The van der Waals surface area contributed by atoms with E-state index in [4.69, 9.17) is 9.84 Å². The van der Waals surface area contributed by atoms with Gasteiger partial charge in [0.25, 0.3) is 5.69 Å². The minimum absolute atomic E-state index is 0.0285. The number of nitro benzene ring substituents is 1. The minimum atomic E-state index is -0.506. The zero-order chi connectivity index (χ0) is 23.4. The lowest BCUT2D eigenvalue weighted by Gasteiger charge is -2.38. The molecule has 0 N–H and O–H groups in total. The molecule has 2 aliphatic heterocycles. The Morgan fingerprint density at radius 3 is 2.50 bits per heavy atom. The lowest BCUT2D eigenvalue weighted by Crippen LogP contribution is -2.33. The summed E-state index contributed by atoms with van der Waals surface area (Å²) in [7, 11) is 0. The van der Waals surface area contributed by atoms with Crippen molar-refractivity contribution in [1.82, 2.24) is 5.01 Å². The Kier molecular flexibility index (Phi) is 5.15. The van der Waals surface area contributed by atoms with Gasteiger partial charge in [-0.2, -0.15) is 5.10 Å². The van der Waals surface area contributed by atoms with Gasteiger partial charge in [0.15, 0.2) is 0 Å². The molecule has 0 saturated carbocycles. The third-order valence-corrected chi connectivity index (χ3v) is 7.33. The van der Waals surface area contributed by atoms with E-state index in [0.29, 0.717) is 0 Å². The normalized spacial score (nSPS) is 18.8. The summed E-state index contributed by atoms with van der Waals surface area (Å²) < 4.78 is 8.26. The molecule has 0 amide bonds. The number of hydrogen-bond donors (Lipinski definition) is 0. The van der Waals surface area contributed by atoms with Gasteiger partial charge in [0.05, 0.1) is 21.1 Å². The molecule has 34 heavy (non-hydrogen) atoms. The fraction of sp³-hybridized carbons (Fsp3) is 0.115. The van der Waals surface area contributed by atoms with Crippen molar-refractivity contribution >= 4 is 54.0 Å². The molecular weight excluding hydrogens is 562 g/mol. The Balaban J connectivity index is 1.45. The van der Waals surface area contributed by atoms with Crippen LogP contribution in [0.2, 0.25) is 0 Å². The van der Waals surface area contributed by atoms with Gasteiger partial charge in [-0.15, -0.1) is 0 Å². The van der Waals surface area contributed by atoms with Crippen LogP contribution in [0.3, 0.4) is 0 Å². The van der Waals surface area contributed by atoms with Gasteiger partial charge in [0.2, 0.25) is 6.23 Å². The van der Waals surface area contributed by atoms with Crippen LogP contribution in [0.1, 0.15) is 35.4 Å². The molecule has 2 atom stereocenters. The van der Waals surface area contributed by atoms with E-state index in [2.05, 4.69) is 68.3 Å². The molecule has 6 nitrogen and oxygen atoms in total. The zero-order valence-corrected chi connectivity index (χ0v) is 20.9. The molecule has 0 unspecified atom stereocenters. The number of non-ortho nitro benzene ring substituents is 1. The minimum Gasteiger partial charge on any atom is -0.463 e. The molecule has 0 aromatic heterocycles. The molecule has 8 heteroatoms. The average Bonchev–Trinajstić information content (AvgIpc) is 3.29. The molecule has 0 bridgehead atoms. The van der Waals surface area contributed by atoms with E-state index < -0.39 is 11.2 Å². The van der Waals surface area contributed by atoms with Crippen LogP contribution in [0, 0.1) is 10.1 Å². The molecule has 0 fully saturated rings. The van der Waals surface area contributed by atoms with Crippen molar-refractivity contribution in [3.05, 3.63) is 115 Å². The molecular formula is C26H17Br2N3O3. The van der Waals surface area contributed by atoms with E-state index in [1.54, 1.807) is 12.1 Å². The van der Waals surface area contributed by atoms with Gasteiger partial charge >= 0.3 is 0 Å². The number of rotatable bonds is 3. The zero-order valence-electron chi connectivity index (χ0n) is 17.7. The topological polar surface area (TPSA) is 68.0 Å². The first-order chi connectivity index (χ1) is 16.5. The van der Waals surface area contributed by atoms with E-state index in [0.717, 1.165) is 43.5 Å². The van der Waals surface area contributed by atoms with Gasteiger partial charge in [-0.25, -0.2) is 5.01 Å². The fourth-order valence-electron chi connectivity index (χ4n) is 4.64. The number of nitro groups is 1. The number of hydrogen-bond acceptors (Lipinski definition) is 5. The van der Waals surface area contributed by atoms with Crippen LogP contribution >= 0.6 is 31.9 Å². The van der Waals surface area contributed by atoms with Gasteiger partial charge in [-0.1, -0.05) is 52.3 Å². The second kappa shape index (κ2) is 8.21. The first kappa shape index (κ1) is 21.3. The smallest absolute Gasteiger partial charge is 0.269 e. The number of nitrogens with zero attached hydrogens (tertiary/aromatic N) is 3. The second-order valence-electron chi connectivity index (χ2n) is 8.33. The van der Waals surface area contributed by atoms with Crippen LogP contribution in [0.15, 0.2) is 92.9 Å².